The van der Waals surface area contributed by atoms with Crippen LogP contribution >= 0.6 is 23.4 Å². The van der Waals surface area contributed by atoms with Crippen molar-refractivity contribution in [2.45, 2.75) is 44.9 Å². The number of rotatable bonds is 8. The third-order valence-corrected chi connectivity index (χ3v) is 4.41. The van der Waals surface area contributed by atoms with Crippen LogP contribution in [0.3, 0.4) is 0 Å². The summed E-state index contributed by atoms with van der Waals surface area (Å²) in [5, 5.41) is 4.69. The molecule has 1 N–H and O–H groups in total. The van der Waals surface area contributed by atoms with Crippen molar-refractivity contribution in [2.75, 3.05) is 12.3 Å². The Balaban J connectivity index is 2.63. The van der Waals surface area contributed by atoms with Gasteiger partial charge in [0, 0.05) is 16.8 Å². The molecule has 0 aliphatic heterocycles. The van der Waals surface area contributed by atoms with E-state index in [1.54, 1.807) is 6.07 Å². The summed E-state index contributed by atoms with van der Waals surface area (Å²) >= 11 is 8.03. The molecule has 4 heteroatoms. The predicted molar refractivity (Wildman–Crippen MR) is 84.8 cm³/mol. The summed E-state index contributed by atoms with van der Waals surface area (Å²) in [6.45, 7) is 7.56. The van der Waals surface area contributed by atoms with Gasteiger partial charge in [-0.05, 0) is 42.3 Å². The fourth-order valence-corrected chi connectivity index (χ4v) is 2.90. The maximum absolute atomic E-state index is 13.0. The average Bonchev–Trinajstić information content (AvgIpc) is 2.35. The van der Waals surface area contributed by atoms with Gasteiger partial charge in [0.1, 0.15) is 5.82 Å². The van der Waals surface area contributed by atoms with E-state index in [0.29, 0.717) is 16.3 Å². The van der Waals surface area contributed by atoms with Crippen molar-refractivity contribution in [2.24, 2.45) is 0 Å². The molecule has 1 aromatic rings. The monoisotopic (exact) mass is 303 g/mol. The summed E-state index contributed by atoms with van der Waals surface area (Å²) in [6.07, 6.45) is 1.96. The van der Waals surface area contributed by atoms with Gasteiger partial charge in [-0.15, -0.1) is 0 Å². The van der Waals surface area contributed by atoms with Crippen molar-refractivity contribution in [3.8, 4) is 0 Å². The van der Waals surface area contributed by atoms with Crippen molar-refractivity contribution in [1.29, 1.82) is 0 Å². The van der Waals surface area contributed by atoms with E-state index < -0.39 is 0 Å². The van der Waals surface area contributed by atoms with Crippen molar-refractivity contribution in [1.82, 2.24) is 5.32 Å². The first-order valence-electron chi connectivity index (χ1n) is 6.81. The maximum atomic E-state index is 13.0. The minimum absolute atomic E-state index is 0.275. The molecule has 0 fully saturated rings. The van der Waals surface area contributed by atoms with Crippen LogP contribution in [0.2, 0.25) is 5.02 Å². The van der Waals surface area contributed by atoms with E-state index >= 15 is 0 Å². The summed E-state index contributed by atoms with van der Waals surface area (Å²) < 4.78 is 13.0. The first-order chi connectivity index (χ1) is 9.02. The van der Waals surface area contributed by atoms with Gasteiger partial charge in [0.05, 0.1) is 0 Å². The molecule has 1 rings (SSSR count). The van der Waals surface area contributed by atoms with Crippen LogP contribution in [0, 0.1) is 5.82 Å². The number of hydrogen-bond acceptors (Lipinski definition) is 2. The number of thioether (sulfide) groups is 1. The highest BCUT2D eigenvalue weighted by atomic mass is 35.5. The van der Waals surface area contributed by atoms with Crippen LogP contribution in [0.25, 0.3) is 0 Å². The third kappa shape index (κ3) is 6.64. The smallest absolute Gasteiger partial charge is 0.124 e. The maximum Gasteiger partial charge on any atom is 0.124 e. The highest BCUT2D eigenvalue weighted by Crippen LogP contribution is 2.20. The van der Waals surface area contributed by atoms with Gasteiger partial charge in [-0.2, -0.15) is 11.8 Å². The standard InChI is InChI=1S/C15H23ClFNS/c1-4-7-18-14(10-19-11(2)3)8-12-5-6-13(17)9-15(12)16/h5-6,9,11,14,18H,4,7-8,10H2,1-3H3. The van der Waals surface area contributed by atoms with Gasteiger partial charge >= 0.3 is 0 Å². The highest BCUT2D eigenvalue weighted by Gasteiger charge is 2.12. The van der Waals surface area contributed by atoms with Gasteiger partial charge < -0.3 is 5.32 Å². The van der Waals surface area contributed by atoms with Gasteiger partial charge in [-0.1, -0.05) is 38.4 Å². The molecule has 19 heavy (non-hydrogen) atoms. The Hall–Kier alpha value is -0.250. The lowest BCUT2D eigenvalue weighted by molar-refractivity contribution is 0.549. The van der Waals surface area contributed by atoms with Crippen LogP contribution in [0.15, 0.2) is 18.2 Å². The zero-order valence-electron chi connectivity index (χ0n) is 11.9. The molecule has 0 aliphatic rings. The zero-order chi connectivity index (χ0) is 14.3. The molecule has 0 bridgehead atoms. The molecule has 0 aromatic heterocycles. The van der Waals surface area contributed by atoms with Crippen LogP contribution in [0.5, 0.6) is 0 Å². The summed E-state index contributed by atoms with van der Waals surface area (Å²) in [5.41, 5.74) is 1.01. The Morgan fingerprint density at radius 2 is 2.11 bits per heavy atom. The number of halogens is 2. The first kappa shape index (κ1) is 16.8. The van der Waals surface area contributed by atoms with Crippen LogP contribution in [0.1, 0.15) is 32.8 Å². The van der Waals surface area contributed by atoms with E-state index in [0.717, 1.165) is 30.7 Å². The Bertz CT molecular complexity index is 384. The molecular weight excluding hydrogens is 281 g/mol. The second-order valence-corrected chi connectivity index (χ2v) is 6.99. The van der Waals surface area contributed by atoms with Crippen molar-refractivity contribution in [3.05, 3.63) is 34.6 Å². The molecule has 0 radical (unpaired) electrons. The third-order valence-electron chi connectivity index (χ3n) is 2.80. The molecule has 1 nitrogen and oxygen atoms in total. The number of hydrogen-bond donors (Lipinski definition) is 1. The minimum atomic E-state index is -0.275. The Labute approximate surface area is 125 Å². The second-order valence-electron chi connectivity index (χ2n) is 4.97. The predicted octanol–water partition coefficient (Wildman–Crippen LogP) is 4.53. The highest BCUT2D eigenvalue weighted by molar-refractivity contribution is 7.99. The van der Waals surface area contributed by atoms with E-state index in [-0.39, 0.29) is 5.82 Å². The fraction of sp³-hybridized carbons (Fsp3) is 0.600. The molecule has 0 amide bonds. The fourth-order valence-electron chi connectivity index (χ4n) is 1.80. The van der Waals surface area contributed by atoms with E-state index in [2.05, 4.69) is 26.1 Å². The van der Waals surface area contributed by atoms with Gasteiger partial charge in [-0.25, -0.2) is 4.39 Å². The topological polar surface area (TPSA) is 12.0 Å². The van der Waals surface area contributed by atoms with E-state index in [1.165, 1.54) is 12.1 Å². The Morgan fingerprint density at radius 1 is 1.37 bits per heavy atom. The SMILES string of the molecule is CCCNC(CSC(C)C)Cc1ccc(F)cc1Cl. The van der Waals surface area contributed by atoms with Gasteiger partial charge in [0.2, 0.25) is 0 Å². The van der Waals surface area contributed by atoms with Gasteiger partial charge in [0.25, 0.3) is 0 Å². The Morgan fingerprint density at radius 3 is 2.68 bits per heavy atom. The van der Waals surface area contributed by atoms with Gasteiger partial charge in [-0.3, -0.25) is 0 Å². The molecule has 1 aromatic carbocycles. The quantitative estimate of drug-likeness (QED) is 0.757. The molecule has 108 valence electrons. The summed E-state index contributed by atoms with van der Waals surface area (Å²) in [6, 6.07) is 5.05. The summed E-state index contributed by atoms with van der Waals surface area (Å²) in [4.78, 5) is 0. The van der Waals surface area contributed by atoms with E-state index in [1.807, 2.05) is 11.8 Å². The zero-order valence-corrected chi connectivity index (χ0v) is 13.5. The lowest BCUT2D eigenvalue weighted by Crippen LogP contribution is -2.34. The first-order valence-corrected chi connectivity index (χ1v) is 8.24. The average molecular weight is 304 g/mol. The summed E-state index contributed by atoms with van der Waals surface area (Å²) in [5.74, 6) is 0.772. The lowest BCUT2D eigenvalue weighted by atomic mass is 10.1. The molecule has 0 spiro atoms. The molecule has 0 saturated heterocycles. The van der Waals surface area contributed by atoms with Gasteiger partial charge in [0.15, 0.2) is 0 Å². The van der Waals surface area contributed by atoms with E-state index in [9.17, 15) is 4.39 Å². The number of benzene rings is 1. The minimum Gasteiger partial charge on any atom is -0.313 e. The molecule has 1 atom stereocenters. The molecule has 0 heterocycles. The van der Waals surface area contributed by atoms with Crippen molar-refractivity contribution in [3.63, 3.8) is 0 Å². The lowest BCUT2D eigenvalue weighted by Gasteiger charge is -2.20. The molecular formula is C15H23ClFNS. The van der Waals surface area contributed by atoms with Crippen molar-refractivity contribution >= 4 is 23.4 Å². The summed E-state index contributed by atoms with van der Waals surface area (Å²) in [7, 11) is 0. The van der Waals surface area contributed by atoms with Crippen LogP contribution in [-0.4, -0.2) is 23.6 Å². The largest absolute Gasteiger partial charge is 0.313 e. The normalized spacial score (nSPS) is 12.9. The van der Waals surface area contributed by atoms with E-state index in [4.69, 9.17) is 11.6 Å². The molecule has 1 unspecified atom stereocenters. The second kappa shape index (κ2) is 8.83. The van der Waals surface area contributed by atoms with Crippen LogP contribution < -0.4 is 5.32 Å². The van der Waals surface area contributed by atoms with Crippen LogP contribution in [0.4, 0.5) is 4.39 Å². The number of nitrogens with one attached hydrogen (secondary N) is 1. The molecule has 0 aliphatic carbocycles. The van der Waals surface area contributed by atoms with Crippen molar-refractivity contribution < 1.29 is 4.39 Å². The van der Waals surface area contributed by atoms with Crippen LogP contribution in [-0.2, 0) is 6.42 Å². The molecule has 0 saturated carbocycles. The Kier molecular flexibility index (Phi) is 7.81.